The van der Waals surface area contributed by atoms with E-state index in [4.69, 9.17) is 4.98 Å². The summed E-state index contributed by atoms with van der Waals surface area (Å²) in [6, 6.07) is 13.4. The summed E-state index contributed by atoms with van der Waals surface area (Å²) >= 11 is 0. The summed E-state index contributed by atoms with van der Waals surface area (Å²) in [5, 5.41) is 4.14. The summed E-state index contributed by atoms with van der Waals surface area (Å²) < 4.78 is 24.0. The molecule has 1 fully saturated rings. The van der Waals surface area contributed by atoms with Gasteiger partial charge in [0.25, 0.3) is 0 Å². The molecule has 0 radical (unpaired) electrons. The van der Waals surface area contributed by atoms with Crippen molar-refractivity contribution in [2.45, 2.75) is 50.0 Å². The molecule has 2 unspecified atom stereocenters. The molecule has 1 aromatic heterocycles. The van der Waals surface area contributed by atoms with Crippen LogP contribution in [0.5, 0.6) is 0 Å². The zero-order chi connectivity index (χ0) is 23.9. The molecule has 1 aliphatic heterocycles. The van der Waals surface area contributed by atoms with E-state index in [0.29, 0.717) is 18.0 Å². The van der Waals surface area contributed by atoms with Crippen molar-refractivity contribution in [3.05, 3.63) is 59.3 Å². The minimum atomic E-state index is -3.33. The molecule has 1 amide bonds. The molecule has 2 aliphatic rings. The number of hydrogen-bond donors (Lipinski definition) is 1. The van der Waals surface area contributed by atoms with Crippen LogP contribution in [-0.4, -0.2) is 43.6 Å². The molecule has 7 nitrogen and oxygen atoms in total. The van der Waals surface area contributed by atoms with E-state index in [9.17, 15) is 13.2 Å². The highest BCUT2D eigenvalue weighted by molar-refractivity contribution is 7.90. The lowest BCUT2D eigenvalue weighted by atomic mass is 9.87. The van der Waals surface area contributed by atoms with Crippen molar-refractivity contribution in [2.24, 2.45) is 5.92 Å². The number of aromatic nitrogens is 2. The van der Waals surface area contributed by atoms with Gasteiger partial charge in [-0.1, -0.05) is 24.3 Å². The van der Waals surface area contributed by atoms with Crippen LogP contribution < -0.4 is 10.2 Å². The van der Waals surface area contributed by atoms with Crippen LogP contribution >= 0.6 is 0 Å². The summed E-state index contributed by atoms with van der Waals surface area (Å²) in [7, 11) is -3.33. The molecule has 5 rings (SSSR count). The lowest BCUT2D eigenvalue weighted by Crippen LogP contribution is -2.45. The first-order chi connectivity index (χ1) is 16.3. The number of nitrogens with one attached hydrogen (secondary N) is 1. The largest absolute Gasteiger partial charge is 0.349 e. The van der Waals surface area contributed by atoms with E-state index in [0.717, 1.165) is 49.7 Å². The van der Waals surface area contributed by atoms with Crippen molar-refractivity contribution < 1.29 is 13.2 Å². The SMILES string of the molecule is Cc1nc(N2CCCC(C(=O)NC3CCCc4ccccc43)C2)nc2cc(S(C)(=O)=O)ccc12. The first-order valence-electron chi connectivity index (χ1n) is 11.9. The van der Waals surface area contributed by atoms with Crippen molar-refractivity contribution in [2.75, 3.05) is 24.2 Å². The van der Waals surface area contributed by atoms with Crippen LogP contribution in [0.15, 0.2) is 47.4 Å². The number of anilines is 1. The van der Waals surface area contributed by atoms with Crippen LogP contribution in [-0.2, 0) is 21.1 Å². The average Bonchev–Trinajstić information content (AvgIpc) is 2.83. The highest BCUT2D eigenvalue weighted by atomic mass is 32.2. The molecular weight excluding hydrogens is 448 g/mol. The van der Waals surface area contributed by atoms with Crippen LogP contribution in [0.1, 0.15) is 48.5 Å². The second-order valence-electron chi connectivity index (χ2n) is 9.50. The van der Waals surface area contributed by atoms with E-state index in [1.165, 1.54) is 17.4 Å². The summed E-state index contributed by atoms with van der Waals surface area (Å²) in [6.45, 7) is 3.23. The fraction of sp³-hybridized carbons (Fsp3) is 0.423. The molecule has 2 aromatic carbocycles. The Hall–Kier alpha value is -3.00. The van der Waals surface area contributed by atoms with Crippen molar-refractivity contribution in [1.82, 2.24) is 15.3 Å². The number of piperidine rings is 1. The molecule has 34 heavy (non-hydrogen) atoms. The lowest BCUT2D eigenvalue weighted by Gasteiger charge is -2.34. The Bertz CT molecular complexity index is 1360. The average molecular weight is 479 g/mol. The molecule has 3 aromatic rings. The molecular formula is C26H30N4O3S. The molecule has 1 N–H and O–H groups in total. The van der Waals surface area contributed by atoms with Gasteiger partial charge >= 0.3 is 0 Å². The summed E-state index contributed by atoms with van der Waals surface area (Å²) in [6.07, 6.45) is 6.03. The van der Waals surface area contributed by atoms with Gasteiger partial charge in [0.05, 0.1) is 28.1 Å². The number of hydrogen-bond acceptors (Lipinski definition) is 6. The number of carbonyl (C=O) groups excluding carboxylic acids is 1. The maximum absolute atomic E-state index is 13.2. The predicted octanol–water partition coefficient (Wildman–Crippen LogP) is 3.75. The zero-order valence-corrected chi connectivity index (χ0v) is 20.4. The number of amides is 1. The van der Waals surface area contributed by atoms with Gasteiger partial charge in [0.1, 0.15) is 0 Å². The van der Waals surface area contributed by atoms with Crippen LogP contribution in [0.3, 0.4) is 0 Å². The molecule has 1 aliphatic carbocycles. The Kier molecular flexibility index (Phi) is 6.02. The third kappa shape index (κ3) is 4.51. The third-order valence-corrected chi connectivity index (χ3v) is 8.15. The van der Waals surface area contributed by atoms with E-state index < -0.39 is 9.84 Å². The number of benzene rings is 2. The van der Waals surface area contributed by atoms with Gasteiger partial charge in [-0.2, -0.15) is 0 Å². The number of carbonyl (C=O) groups is 1. The number of nitrogens with zero attached hydrogens (tertiary/aromatic N) is 3. The number of sulfone groups is 1. The van der Waals surface area contributed by atoms with E-state index in [1.807, 2.05) is 13.0 Å². The van der Waals surface area contributed by atoms with Gasteiger partial charge in [0, 0.05) is 24.7 Å². The first kappa shape index (κ1) is 22.8. The Labute approximate surface area is 200 Å². The van der Waals surface area contributed by atoms with E-state index in [-0.39, 0.29) is 22.8 Å². The van der Waals surface area contributed by atoms with Crippen molar-refractivity contribution in [3.63, 3.8) is 0 Å². The van der Waals surface area contributed by atoms with Crippen LogP contribution in [0, 0.1) is 12.8 Å². The zero-order valence-electron chi connectivity index (χ0n) is 19.6. The van der Waals surface area contributed by atoms with E-state index in [1.54, 1.807) is 18.2 Å². The Balaban J connectivity index is 1.35. The minimum Gasteiger partial charge on any atom is -0.349 e. The molecule has 2 heterocycles. The summed E-state index contributed by atoms with van der Waals surface area (Å²) in [4.78, 5) is 24.9. The Morgan fingerprint density at radius 1 is 1.09 bits per heavy atom. The van der Waals surface area contributed by atoms with Crippen LogP contribution in [0.4, 0.5) is 5.95 Å². The number of rotatable bonds is 4. The second-order valence-corrected chi connectivity index (χ2v) is 11.5. The fourth-order valence-electron chi connectivity index (χ4n) is 5.19. The highest BCUT2D eigenvalue weighted by Gasteiger charge is 2.30. The lowest BCUT2D eigenvalue weighted by molar-refractivity contribution is -0.126. The molecule has 2 atom stereocenters. The van der Waals surface area contributed by atoms with E-state index >= 15 is 0 Å². The van der Waals surface area contributed by atoms with Crippen LogP contribution in [0.2, 0.25) is 0 Å². The quantitative estimate of drug-likeness (QED) is 0.614. The van der Waals surface area contributed by atoms with Gasteiger partial charge in [-0.05, 0) is 68.4 Å². The molecule has 178 valence electrons. The predicted molar refractivity (Wildman–Crippen MR) is 133 cm³/mol. The first-order valence-corrected chi connectivity index (χ1v) is 13.8. The van der Waals surface area contributed by atoms with Gasteiger partial charge in [-0.15, -0.1) is 0 Å². The van der Waals surface area contributed by atoms with Crippen molar-refractivity contribution in [1.29, 1.82) is 0 Å². The second kappa shape index (κ2) is 8.98. The summed E-state index contributed by atoms with van der Waals surface area (Å²) in [5.41, 5.74) is 3.98. The smallest absolute Gasteiger partial charge is 0.226 e. The molecule has 0 spiro atoms. The monoisotopic (exact) mass is 478 g/mol. The fourth-order valence-corrected chi connectivity index (χ4v) is 5.83. The maximum Gasteiger partial charge on any atom is 0.226 e. The molecule has 0 bridgehead atoms. The molecule has 1 saturated heterocycles. The van der Waals surface area contributed by atoms with Gasteiger partial charge < -0.3 is 10.2 Å². The Morgan fingerprint density at radius 3 is 2.74 bits per heavy atom. The number of aryl methyl sites for hydroxylation is 2. The van der Waals surface area contributed by atoms with Gasteiger partial charge in [-0.25, -0.2) is 18.4 Å². The van der Waals surface area contributed by atoms with Gasteiger partial charge in [0.15, 0.2) is 9.84 Å². The Morgan fingerprint density at radius 2 is 1.91 bits per heavy atom. The highest BCUT2D eigenvalue weighted by Crippen LogP contribution is 2.31. The minimum absolute atomic E-state index is 0.0707. The van der Waals surface area contributed by atoms with Gasteiger partial charge in [-0.3, -0.25) is 4.79 Å². The van der Waals surface area contributed by atoms with E-state index in [2.05, 4.69) is 33.4 Å². The third-order valence-electron chi connectivity index (χ3n) is 7.04. The van der Waals surface area contributed by atoms with Gasteiger partial charge in [0.2, 0.25) is 11.9 Å². The van der Waals surface area contributed by atoms with Crippen molar-refractivity contribution >= 4 is 32.6 Å². The normalized spacial score (nSPS) is 20.7. The molecule has 8 heteroatoms. The standard InChI is InChI=1S/C26H30N4O3S/c1-17-21-13-12-20(34(2,32)33)15-24(21)29-26(27-17)30-14-6-9-19(16-30)25(31)28-23-11-5-8-18-7-3-4-10-22(18)23/h3-4,7,10,12-13,15,19,23H,5-6,8-9,11,14,16H2,1-2H3,(H,28,31). The number of fused-ring (bicyclic) bond motifs is 2. The molecule has 0 saturated carbocycles. The topological polar surface area (TPSA) is 92.3 Å². The maximum atomic E-state index is 13.2. The van der Waals surface area contributed by atoms with Crippen molar-refractivity contribution in [3.8, 4) is 0 Å². The summed E-state index contributed by atoms with van der Waals surface area (Å²) in [5.74, 6) is 0.504. The van der Waals surface area contributed by atoms with Crippen LogP contribution in [0.25, 0.3) is 10.9 Å².